The van der Waals surface area contributed by atoms with E-state index in [1.54, 1.807) is 18.2 Å². The second kappa shape index (κ2) is 8.33. The SMILES string of the molecule is CC(=O)c1ccc(C(CC(C)C)C(=O)OCC(C)C)cc1Cl. The first-order valence-electron chi connectivity index (χ1n) is 7.69. The lowest BCUT2D eigenvalue weighted by atomic mass is 9.89. The van der Waals surface area contributed by atoms with Crippen molar-refractivity contribution in [1.29, 1.82) is 0 Å². The van der Waals surface area contributed by atoms with Crippen LogP contribution in [0, 0.1) is 11.8 Å². The fraction of sp³-hybridized carbons (Fsp3) is 0.556. The Kier molecular flexibility index (Phi) is 7.08. The maximum absolute atomic E-state index is 12.4. The Morgan fingerprint density at radius 3 is 2.23 bits per heavy atom. The molecule has 1 rings (SSSR count). The number of rotatable bonds is 7. The molecular formula is C18H25ClO3. The van der Waals surface area contributed by atoms with Crippen molar-refractivity contribution in [3.05, 3.63) is 34.3 Å². The van der Waals surface area contributed by atoms with Crippen molar-refractivity contribution in [3.63, 3.8) is 0 Å². The van der Waals surface area contributed by atoms with E-state index < -0.39 is 0 Å². The van der Waals surface area contributed by atoms with E-state index in [1.165, 1.54) is 6.92 Å². The topological polar surface area (TPSA) is 43.4 Å². The molecule has 1 unspecified atom stereocenters. The fourth-order valence-corrected chi connectivity index (χ4v) is 2.54. The van der Waals surface area contributed by atoms with Gasteiger partial charge in [-0.2, -0.15) is 0 Å². The summed E-state index contributed by atoms with van der Waals surface area (Å²) >= 11 is 6.16. The number of benzene rings is 1. The molecule has 0 aliphatic heterocycles. The van der Waals surface area contributed by atoms with Gasteiger partial charge in [-0.1, -0.05) is 45.4 Å². The predicted molar refractivity (Wildman–Crippen MR) is 89.4 cm³/mol. The molecule has 1 aromatic rings. The highest BCUT2D eigenvalue weighted by Gasteiger charge is 2.24. The van der Waals surface area contributed by atoms with Gasteiger partial charge in [0.15, 0.2) is 5.78 Å². The summed E-state index contributed by atoms with van der Waals surface area (Å²) in [5, 5.41) is 0.385. The molecule has 0 bridgehead atoms. The molecule has 0 saturated heterocycles. The summed E-state index contributed by atoms with van der Waals surface area (Å²) in [6.07, 6.45) is 0.687. The van der Waals surface area contributed by atoms with Crippen LogP contribution in [-0.4, -0.2) is 18.4 Å². The third-order valence-electron chi connectivity index (χ3n) is 3.33. The molecule has 122 valence electrons. The monoisotopic (exact) mass is 324 g/mol. The largest absolute Gasteiger partial charge is 0.465 e. The van der Waals surface area contributed by atoms with Crippen LogP contribution in [0.15, 0.2) is 18.2 Å². The summed E-state index contributed by atoms with van der Waals surface area (Å²) in [6.45, 7) is 10.0. The molecule has 0 saturated carbocycles. The van der Waals surface area contributed by atoms with E-state index in [9.17, 15) is 9.59 Å². The van der Waals surface area contributed by atoms with E-state index in [4.69, 9.17) is 16.3 Å². The van der Waals surface area contributed by atoms with E-state index in [1.807, 2.05) is 13.8 Å². The van der Waals surface area contributed by atoms with Crippen LogP contribution in [0.5, 0.6) is 0 Å². The average Bonchev–Trinajstić information content (AvgIpc) is 2.41. The van der Waals surface area contributed by atoms with Gasteiger partial charge in [0, 0.05) is 5.56 Å². The Bertz CT molecular complexity index is 535. The normalized spacial score (nSPS) is 12.5. The van der Waals surface area contributed by atoms with Gasteiger partial charge in [0.25, 0.3) is 0 Å². The summed E-state index contributed by atoms with van der Waals surface area (Å²) in [4.78, 5) is 23.8. The Morgan fingerprint density at radius 2 is 1.77 bits per heavy atom. The number of halogens is 1. The van der Waals surface area contributed by atoms with Gasteiger partial charge in [0.2, 0.25) is 0 Å². The smallest absolute Gasteiger partial charge is 0.313 e. The van der Waals surface area contributed by atoms with E-state index in [0.717, 1.165) is 5.56 Å². The first-order chi connectivity index (χ1) is 10.2. The number of ether oxygens (including phenoxy) is 1. The lowest BCUT2D eigenvalue weighted by Gasteiger charge is -2.19. The molecule has 0 aliphatic rings. The summed E-state index contributed by atoms with van der Waals surface area (Å²) in [6, 6.07) is 5.19. The second-order valence-electron chi connectivity index (χ2n) is 6.50. The zero-order chi connectivity index (χ0) is 16.9. The van der Waals surface area contributed by atoms with E-state index >= 15 is 0 Å². The molecule has 3 nitrogen and oxygen atoms in total. The van der Waals surface area contributed by atoms with Gasteiger partial charge < -0.3 is 4.74 Å². The van der Waals surface area contributed by atoms with Crippen LogP contribution in [0.4, 0.5) is 0 Å². The Labute approximate surface area is 138 Å². The van der Waals surface area contributed by atoms with Crippen molar-refractivity contribution in [3.8, 4) is 0 Å². The third kappa shape index (κ3) is 5.45. The highest BCUT2D eigenvalue weighted by Crippen LogP contribution is 2.29. The number of carbonyl (C=O) groups excluding carboxylic acids is 2. The van der Waals surface area contributed by atoms with Crippen LogP contribution in [0.25, 0.3) is 0 Å². The zero-order valence-electron chi connectivity index (χ0n) is 14.0. The molecule has 4 heteroatoms. The van der Waals surface area contributed by atoms with Crippen molar-refractivity contribution < 1.29 is 14.3 Å². The van der Waals surface area contributed by atoms with Crippen LogP contribution in [0.1, 0.15) is 62.9 Å². The van der Waals surface area contributed by atoms with Crippen LogP contribution in [0.2, 0.25) is 5.02 Å². The van der Waals surface area contributed by atoms with Crippen molar-refractivity contribution in [2.45, 2.75) is 47.0 Å². The van der Waals surface area contributed by atoms with Gasteiger partial charge >= 0.3 is 5.97 Å². The predicted octanol–water partition coefficient (Wildman–Crippen LogP) is 4.87. The maximum Gasteiger partial charge on any atom is 0.313 e. The highest BCUT2D eigenvalue weighted by atomic mass is 35.5. The molecule has 0 N–H and O–H groups in total. The molecular weight excluding hydrogens is 300 g/mol. The van der Waals surface area contributed by atoms with Crippen molar-refractivity contribution in [2.75, 3.05) is 6.61 Å². The van der Waals surface area contributed by atoms with Crippen LogP contribution < -0.4 is 0 Å². The second-order valence-corrected chi connectivity index (χ2v) is 6.91. The molecule has 1 aromatic carbocycles. The molecule has 0 aliphatic carbocycles. The van der Waals surface area contributed by atoms with Crippen LogP contribution in [-0.2, 0) is 9.53 Å². The zero-order valence-corrected chi connectivity index (χ0v) is 14.7. The standard InChI is InChI=1S/C18H25ClO3/c1-11(2)8-16(18(21)22-10-12(3)4)14-6-7-15(13(5)20)17(19)9-14/h6-7,9,11-12,16H,8,10H2,1-5H3. The molecule has 22 heavy (non-hydrogen) atoms. The first-order valence-corrected chi connectivity index (χ1v) is 8.07. The van der Waals surface area contributed by atoms with Crippen molar-refractivity contribution in [1.82, 2.24) is 0 Å². The number of carbonyl (C=O) groups is 2. The third-order valence-corrected chi connectivity index (χ3v) is 3.64. The lowest BCUT2D eigenvalue weighted by molar-refractivity contribution is -0.147. The number of hydrogen-bond acceptors (Lipinski definition) is 3. The summed E-state index contributed by atoms with van der Waals surface area (Å²) in [5.74, 6) is -0.0131. The molecule has 0 spiro atoms. The Hall–Kier alpha value is -1.35. The molecule has 0 aromatic heterocycles. The summed E-state index contributed by atoms with van der Waals surface area (Å²) in [5.41, 5.74) is 1.28. The number of ketones is 1. The Morgan fingerprint density at radius 1 is 1.14 bits per heavy atom. The fourth-order valence-electron chi connectivity index (χ4n) is 2.22. The van der Waals surface area contributed by atoms with E-state index in [2.05, 4.69) is 13.8 Å². The van der Waals surface area contributed by atoms with Crippen LogP contribution in [0.3, 0.4) is 0 Å². The molecule has 0 fully saturated rings. The number of Topliss-reactive ketones (excluding diaryl/α,β-unsaturated/α-hetero) is 1. The van der Waals surface area contributed by atoms with Gasteiger partial charge in [-0.3, -0.25) is 9.59 Å². The minimum atomic E-state index is -0.350. The quantitative estimate of drug-likeness (QED) is 0.530. The number of esters is 1. The molecule has 0 heterocycles. The van der Waals surface area contributed by atoms with E-state index in [0.29, 0.717) is 35.4 Å². The first kappa shape index (κ1) is 18.7. The average molecular weight is 325 g/mol. The lowest BCUT2D eigenvalue weighted by Crippen LogP contribution is -2.20. The highest BCUT2D eigenvalue weighted by molar-refractivity contribution is 6.33. The van der Waals surface area contributed by atoms with Gasteiger partial charge in [0.05, 0.1) is 17.5 Å². The molecule has 0 amide bonds. The van der Waals surface area contributed by atoms with Crippen molar-refractivity contribution in [2.24, 2.45) is 11.8 Å². The Balaban J connectivity index is 3.03. The van der Waals surface area contributed by atoms with Gasteiger partial charge in [-0.25, -0.2) is 0 Å². The summed E-state index contributed by atoms with van der Waals surface area (Å²) < 4.78 is 5.39. The maximum atomic E-state index is 12.4. The van der Waals surface area contributed by atoms with E-state index in [-0.39, 0.29) is 17.7 Å². The summed E-state index contributed by atoms with van der Waals surface area (Å²) in [7, 11) is 0. The molecule has 1 atom stereocenters. The van der Waals surface area contributed by atoms with Gasteiger partial charge in [-0.15, -0.1) is 0 Å². The van der Waals surface area contributed by atoms with Crippen molar-refractivity contribution >= 4 is 23.4 Å². The van der Waals surface area contributed by atoms with Crippen LogP contribution >= 0.6 is 11.6 Å². The van der Waals surface area contributed by atoms with Gasteiger partial charge in [-0.05, 0) is 42.9 Å². The van der Waals surface area contributed by atoms with Gasteiger partial charge in [0.1, 0.15) is 0 Å². The minimum Gasteiger partial charge on any atom is -0.465 e. The number of hydrogen-bond donors (Lipinski definition) is 0. The molecule has 0 radical (unpaired) electrons. The minimum absolute atomic E-state index is 0.0839.